The average Bonchev–Trinajstić information content (AvgIpc) is 2.00. The maximum Gasteiger partial charge on any atom is 0.472 e. The van der Waals surface area contributed by atoms with E-state index in [1.54, 1.807) is 13.8 Å². The van der Waals surface area contributed by atoms with Gasteiger partial charge in [-0.2, -0.15) is 0 Å². The standard InChI is InChI=1S/C6H13O6P/c1-3-5(2)6(7)11-4-12-13(8,9)10/h5H,3-4H2,1-2H3,(H2,8,9,10). The number of esters is 1. The lowest BCUT2D eigenvalue weighted by molar-refractivity contribution is -0.155. The quantitative estimate of drug-likeness (QED) is 0.394. The fourth-order valence-corrected chi connectivity index (χ4v) is 0.652. The van der Waals surface area contributed by atoms with Gasteiger partial charge in [0.1, 0.15) is 0 Å². The van der Waals surface area contributed by atoms with Crippen molar-refractivity contribution in [3.05, 3.63) is 0 Å². The molecule has 78 valence electrons. The maximum absolute atomic E-state index is 10.9. The molecule has 6 nitrogen and oxygen atoms in total. The molecular weight excluding hydrogens is 199 g/mol. The fourth-order valence-electron chi connectivity index (χ4n) is 0.462. The van der Waals surface area contributed by atoms with Crippen molar-refractivity contribution in [2.24, 2.45) is 5.92 Å². The normalized spacial score (nSPS) is 13.8. The molecule has 0 rings (SSSR count). The van der Waals surface area contributed by atoms with Crippen LogP contribution in [-0.4, -0.2) is 22.5 Å². The summed E-state index contributed by atoms with van der Waals surface area (Å²) in [5.74, 6) is -0.823. The second kappa shape index (κ2) is 5.34. The summed E-state index contributed by atoms with van der Waals surface area (Å²) in [6, 6.07) is 0. The van der Waals surface area contributed by atoms with Crippen LogP contribution >= 0.6 is 7.82 Å². The molecule has 0 fully saturated rings. The van der Waals surface area contributed by atoms with Gasteiger partial charge in [0.2, 0.25) is 6.79 Å². The van der Waals surface area contributed by atoms with Gasteiger partial charge in [-0.3, -0.25) is 4.79 Å². The number of ether oxygens (including phenoxy) is 1. The van der Waals surface area contributed by atoms with Gasteiger partial charge >= 0.3 is 13.8 Å². The Morgan fingerprint density at radius 3 is 2.46 bits per heavy atom. The number of carbonyl (C=O) groups is 1. The van der Waals surface area contributed by atoms with Gasteiger partial charge in [-0.15, -0.1) is 0 Å². The van der Waals surface area contributed by atoms with Gasteiger partial charge in [0, 0.05) is 0 Å². The highest BCUT2D eigenvalue weighted by molar-refractivity contribution is 7.46. The Morgan fingerprint density at radius 1 is 1.54 bits per heavy atom. The molecule has 1 atom stereocenters. The van der Waals surface area contributed by atoms with Crippen molar-refractivity contribution in [1.29, 1.82) is 0 Å². The zero-order valence-corrected chi connectivity index (χ0v) is 8.36. The van der Waals surface area contributed by atoms with Crippen molar-refractivity contribution in [2.75, 3.05) is 6.79 Å². The predicted molar refractivity (Wildman–Crippen MR) is 43.5 cm³/mol. The van der Waals surface area contributed by atoms with E-state index in [0.717, 1.165) is 0 Å². The van der Waals surface area contributed by atoms with E-state index >= 15 is 0 Å². The number of hydrogen-bond donors (Lipinski definition) is 2. The van der Waals surface area contributed by atoms with Crippen LogP contribution in [0.5, 0.6) is 0 Å². The molecule has 0 aliphatic heterocycles. The van der Waals surface area contributed by atoms with Crippen molar-refractivity contribution < 1.29 is 28.4 Å². The topological polar surface area (TPSA) is 93.1 Å². The van der Waals surface area contributed by atoms with E-state index in [2.05, 4.69) is 9.26 Å². The summed E-state index contributed by atoms with van der Waals surface area (Å²) in [6.07, 6.45) is 0.606. The van der Waals surface area contributed by atoms with Crippen LogP contribution in [0.3, 0.4) is 0 Å². The van der Waals surface area contributed by atoms with Crippen LogP contribution in [0.25, 0.3) is 0 Å². The number of carbonyl (C=O) groups excluding carboxylic acids is 1. The Morgan fingerprint density at radius 2 is 2.08 bits per heavy atom. The third-order valence-corrected chi connectivity index (χ3v) is 1.88. The van der Waals surface area contributed by atoms with Crippen molar-refractivity contribution in [1.82, 2.24) is 0 Å². The largest absolute Gasteiger partial charge is 0.472 e. The van der Waals surface area contributed by atoms with Crippen LogP contribution in [0.1, 0.15) is 20.3 Å². The average molecular weight is 212 g/mol. The first kappa shape index (κ1) is 12.6. The summed E-state index contributed by atoms with van der Waals surface area (Å²) in [7, 11) is -4.54. The van der Waals surface area contributed by atoms with Crippen LogP contribution in [-0.2, 0) is 18.6 Å². The SMILES string of the molecule is CCC(C)C(=O)OCOP(=O)(O)O. The summed E-state index contributed by atoms with van der Waals surface area (Å²) in [5.41, 5.74) is 0. The van der Waals surface area contributed by atoms with Crippen LogP contribution < -0.4 is 0 Å². The molecule has 0 radical (unpaired) electrons. The van der Waals surface area contributed by atoms with Crippen LogP contribution in [0.2, 0.25) is 0 Å². The van der Waals surface area contributed by atoms with Gasteiger partial charge in [-0.25, -0.2) is 9.09 Å². The van der Waals surface area contributed by atoms with Crippen molar-refractivity contribution >= 4 is 13.8 Å². The number of phosphoric ester groups is 1. The van der Waals surface area contributed by atoms with Crippen molar-refractivity contribution in [3.8, 4) is 0 Å². The maximum atomic E-state index is 10.9. The van der Waals surface area contributed by atoms with E-state index in [4.69, 9.17) is 9.79 Å². The first-order valence-corrected chi connectivity index (χ1v) is 5.26. The smallest absolute Gasteiger partial charge is 0.438 e. The number of phosphoric acid groups is 1. The zero-order valence-electron chi connectivity index (χ0n) is 7.47. The Balaban J connectivity index is 3.66. The lowest BCUT2D eigenvalue weighted by Crippen LogP contribution is -2.15. The molecule has 0 bridgehead atoms. The minimum atomic E-state index is -4.54. The van der Waals surface area contributed by atoms with Crippen molar-refractivity contribution in [3.63, 3.8) is 0 Å². The molecule has 7 heteroatoms. The van der Waals surface area contributed by atoms with Crippen LogP contribution in [0.4, 0.5) is 0 Å². The molecule has 0 aromatic carbocycles. The zero-order chi connectivity index (χ0) is 10.5. The fraction of sp³-hybridized carbons (Fsp3) is 0.833. The summed E-state index contributed by atoms with van der Waals surface area (Å²) in [5, 5.41) is 0. The van der Waals surface area contributed by atoms with Gasteiger partial charge in [0.15, 0.2) is 0 Å². The lowest BCUT2D eigenvalue weighted by atomic mass is 10.1. The Labute approximate surface area is 76.1 Å². The lowest BCUT2D eigenvalue weighted by Gasteiger charge is -2.09. The molecule has 0 spiro atoms. The summed E-state index contributed by atoms with van der Waals surface area (Å²) >= 11 is 0. The second-order valence-corrected chi connectivity index (χ2v) is 3.75. The molecule has 0 heterocycles. The Hall–Kier alpha value is -0.420. The number of hydrogen-bond acceptors (Lipinski definition) is 4. The van der Waals surface area contributed by atoms with Gasteiger partial charge < -0.3 is 14.5 Å². The molecule has 2 N–H and O–H groups in total. The number of rotatable bonds is 5. The van der Waals surface area contributed by atoms with Crippen molar-refractivity contribution in [2.45, 2.75) is 20.3 Å². The molecule has 13 heavy (non-hydrogen) atoms. The molecule has 1 unspecified atom stereocenters. The first-order chi connectivity index (χ1) is 5.87. The first-order valence-electron chi connectivity index (χ1n) is 3.73. The van der Waals surface area contributed by atoms with Gasteiger partial charge in [-0.1, -0.05) is 13.8 Å². The minimum absolute atomic E-state index is 0.291. The van der Waals surface area contributed by atoms with E-state index in [-0.39, 0.29) is 5.92 Å². The molecule has 0 aromatic heterocycles. The minimum Gasteiger partial charge on any atom is -0.438 e. The molecule has 0 aliphatic carbocycles. The van der Waals surface area contributed by atoms with Gasteiger partial charge in [0.25, 0.3) is 0 Å². The monoisotopic (exact) mass is 212 g/mol. The Kier molecular flexibility index (Phi) is 5.17. The molecule has 0 saturated carbocycles. The van der Waals surface area contributed by atoms with Gasteiger partial charge in [0.05, 0.1) is 5.92 Å². The van der Waals surface area contributed by atoms with E-state index in [1.165, 1.54) is 0 Å². The van der Waals surface area contributed by atoms with E-state index in [1.807, 2.05) is 0 Å². The van der Waals surface area contributed by atoms with E-state index in [9.17, 15) is 9.36 Å². The van der Waals surface area contributed by atoms with Gasteiger partial charge in [-0.05, 0) is 6.42 Å². The molecule has 0 aliphatic rings. The second-order valence-electron chi connectivity index (χ2n) is 2.51. The van der Waals surface area contributed by atoms with Crippen LogP contribution in [0.15, 0.2) is 0 Å². The summed E-state index contributed by atoms with van der Waals surface area (Å²) < 4.78 is 18.5. The molecule has 0 saturated heterocycles. The Bertz CT molecular complexity index is 209. The van der Waals surface area contributed by atoms with E-state index < -0.39 is 20.6 Å². The molecule has 0 aromatic rings. The molecular formula is C6H13O6P. The highest BCUT2D eigenvalue weighted by Gasteiger charge is 2.16. The molecule has 0 amide bonds. The third kappa shape index (κ3) is 6.72. The highest BCUT2D eigenvalue weighted by Crippen LogP contribution is 2.35. The highest BCUT2D eigenvalue weighted by atomic mass is 31.2. The van der Waals surface area contributed by atoms with Crippen LogP contribution in [0, 0.1) is 5.92 Å². The predicted octanol–water partition coefficient (Wildman–Crippen LogP) is 0.642. The summed E-state index contributed by atoms with van der Waals surface area (Å²) in [4.78, 5) is 27.4. The third-order valence-electron chi connectivity index (χ3n) is 1.44. The summed E-state index contributed by atoms with van der Waals surface area (Å²) in [6.45, 7) is 2.74. The van der Waals surface area contributed by atoms with E-state index in [0.29, 0.717) is 6.42 Å².